The van der Waals surface area contributed by atoms with Gasteiger partial charge in [-0.05, 0) is 31.7 Å². The first kappa shape index (κ1) is 12.1. The van der Waals surface area contributed by atoms with E-state index in [1.165, 1.54) is 6.42 Å². The van der Waals surface area contributed by atoms with Crippen molar-refractivity contribution in [3.05, 3.63) is 35.9 Å². The highest BCUT2D eigenvalue weighted by Crippen LogP contribution is 2.31. The molecule has 1 aromatic carbocycles. The van der Waals surface area contributed by atoms with E-state index in [9.17, 15) is 4.79 Å². The standard InChI is InChI=1S/C14H20N2O/c1-14(8-5-9-14)16-13(17)10-12(15)11-6-3-2-4-7-11/h2-4,6-7,12H,5,8-10,15H2,1H3,(H,16,17). The third-order valence-corrected chi connectivity index (χ3v) is 3.53. The molecule has 1 aliphatic carbocycles. The monoisotopic (exact) mass is 232 g/mol. The summed E-state index contributed by atoms with van der Waals surface area (Å²) in [7, 11) is 0. The smallest absolute Gasteiger partial charge is 0.222 e. The summed E-state index contributed by atoms with van der Waals surface area (Å²) in [6.45, 7) is 2.10. The summed E-state index contributed by atoms with van der Waals surface area (Å²) >= 11 is 0. The average Bonchev–Trinajstić information content (AvgIpc) is 2.28. The Labute approximate surface area is 102 Å². The lowest BCUT2D eigenvalue weighted by atomic mass is 9.78. The van der Waals surface area contributed by atoms with Crippen LogP contribution in [0.15, 0.2) is 30.3 Å². The molecule has 0 spiro atoms. The van der Waals surface area contributed by atoms with E-state index in [1.807, 2.05) is 30.3 Å². The number of benzene rings is 1. The molecule has 1 aliphatic rings. The lowest BCUT2D eigenvalue weighted by Crippen LogP contribution is -2.51. The average molecular weight is 232 g/mol. The number of amides is 1. The number of rotatable bonds is 4. The molecule has 0 aromatic heterocycles. The molecule has 1 atom stereocenters. The molecule has 3 N–H and O–H groups in total. The van der Waals surface area contributed by atoms with Gasteiger partial charge in [-0.2, -0.15) is 0 Å². The number of hydrogen-bond acceptors (Lipinski definition) is 2. The topological polar surface area (TPSA) is 55.1 Å². The third kappa shape index (κ3) is 3.07. The predicted molar refractivity (Wildman–Crippen MR) is 68.4 cm³/mol. The van der Waals surface area contributed by atoms with Crippen LogP contribution in [0, 0.1) is 0 Å². The van der Waals surface area contributed by atoms with Crippen molar-refractivity contribution < 1.29 is 4.79 Å². The van der Waals surface area contributed by atoms with Crippen LogP contribution >= 0.6 is 0 Å². The van der Waals surface area contributed by atoms with Crippen LogP contribution in [0.2, 0.25) is 0 Å². The Balaban J connectivity index is 1.86. The summed E-state index contributed by atoms with van der Waals surface area (Å²) in [4.78, 5) is 11.8. The van der Waals surface area contributed by atoms with Gasteiger partial charge in [-0.1, -0.05) is 30.3 Å². The molecule has 17 heavy (non-hydrogen) atoms. The summed E-state index contributed by atoms with van der Waals surface area (Å²) in [5.41, 5.74) is 7.05. The zero-order valence-electron chi connectivity index (χ0n) is 10.3. The minimum absolute atomic E-state index is 0.0213. The molecule has 1 fully saturated rings. The molecule has 1 aromatic rings. The van der Waals surface area contributed by atoms with Crippen molar-refractivity contribution >= 4 is 5.91 Å². The van der Waals surface area contributed by atoms with Crippen LogP contribution in [-0.2, 0) is 4.79 Å². The van der Waals surface area contributed by atoms with E-state index in [0.29, 0.717) is 6.42 Å². The maximum absolute atomic E-state index is 11.8. The van der Waals surface area contributed by atoms with Gasteiger partial charge in [-0.3, -0.25) is 4.79 Å². The summed E-state index contributed by atoms with van der Waals surface area (Å²) in [5.74, 6) is 0.0588. The third-order valence-electron chi connectivity index (χ3n) is 3.53. The van der Waals surface area contributed by atoms with Crippen molar-refractivity contribution in [3.63, 3.8) is 0 Å². The number of nitrogens with one attached hydrogen (secondary N) is 1. The first-order chi connectivity index (χ1) is 8.09. The fraction of sp³-hybridized carbons (Fsp3) is 0.500. The van der Waals surface area contributed by atoms with Crippen LogP contribution in [0.4, 0.5) is 0 Å². The molecule has 1 amide bonds. The van der Waals surface area contributed by atoms with Crippen molar-refractivity contribution in [1.82, 2.24) is 5.32 Å². The second kappa shape index (κ2) is 4.88. The molecule has 0 saturated heterocycles. The fourth-order valence-corrected chi connectivity index (χ4v) is 2.24. The maximum atomic E-state index is 11.8. The van der Waals surface area contributed by atoms with Crippen molar-refractivity contribution in [2.75, 3.05) is 0 Å². The molecule has 3 heteroatoms. The van der Waals surface area contributed by atoms with Gasteiger partial charge in [0.2, 0.25) is 5.91 Å². The number of nitrogens with two attached hydrogens (primary N) is 1. The Bertz CT molecular complexity index is 384. The van der Waals surface area contributed by atoms with E-state index in [-0.39, 0.29) is 17.5 Å². The summed E-state index contributed by atoms with van der Waals surface area (Å²) < 4.78 is 0. The Morgan fingerprint density at radius 2 is 2.06 bits per heavy atom. The molecule has 2 rings (SSSR count). The van der Waals surface area contributed by atoms with E-state index in [4.69, 9.17) is 5.73 Å². The van der Waals surface area contributed by atoms with Gasteiger partial charge in [0.25, 0.3) is 0 Å². The normalized spacial score (nSPS) is 19.2. The van der Waals surface area contributed by atoms with Gasteiger partial charge >= 0.3 is 0 Å². The predicted octanol–water partition coefficient (Wildman–Crippen LogP) is 2.14. The summed E-state index contributed by atoms with van der Waals surface area (Å²) in [6.07, 6.45) is 3.74. The Morgan fingerprint density at radius 3 is 2.59 bits per heavy atom. The van der Waals surface area contributed by atoms with Crippen molar-refractivity contribution in [3.8, 4) is 0 Å². The number of carbonyl (C=O) groups excluding carboxylic acids is 1. The first-order valence-electron chi connectivity index (χ1n) is 6.21. The molecule has 0 bridgehead atoms. The highest BCUT2D eigenvalue weighted by Gasteiger charge is 2.33. The van der Waals surface area contributed by atoms with Crippen LogP contribution in [0.25, 0.3) is 0 Å². The Kier molecular flexibility index (Phi) is 3.48. The van der Waals surface area contributed by atoms with Gasteiger partial charge in [-0.15, -0.1) is 0 Å². The maximum Gasteiger partial charge on any atom is 0.222 e. The van der Waals surface area contributed by atoms with E-state index in [2.05, 4.69) is 12.2 Å². The first-order valence-corrected chi connectivity index (χ1v) is 6.21. The largest absolute Gasteiger partial charge is 0.351 e. The van der Waals surface area contributed by atoms with Crippen molar-refractivity contribution in [1.29, 1.82) is 0 Å². The van der Waals surface area contributed by atoms with Gasteiger partial charge in [0.15, 0.2) is 0 Å². The van der Waals surface area contributed by atoms with Crippen LogP contribution in [-0.4, -0.2) is 11.4 Å². The van der Waals surface area contributed by atoms with Gasteiger partial charge in [0.05, 0.1) is 0 Å². The minimum atomic E-state index is -0.208. The van der Waals surface area contributed by atoms with Crippen molar-refractivity contribution in [2.24, 2.45) is 5.73 Å². The van der Waals surface area contributed by atoms with E-state index >= 15 is 0 Å². The molecule has 0 aliphatic heterocycles. The van der Waals surface area contributed by atoms with Crippen LogP contribution in [0.5, 0.6) is 0 Å². The fourth-order valence-electron chi connectivity index (χ4n) is 2.24. The second-order valence-electron chi connectivity index (χ2n) is 5.18. The van der Waals surface area contributed by atoms with Gasteiger partial charge < -0.3 is 11.1 Å². The van der Waals surface area contributed by atoms with Crippen molar-refractivity contribution in [2.45, 2.75) is 44.2 Å². The summed E-state index contributed by atoms with van der Waals surface area (Å²) in [6, 6.07) is 9.55. The highest BCUT2D eigenvalue weighted by molar-refractivity contribution is 5.77. The molecule has 3 nitrogen and oxygen atoms in total. The van der Waals surface area contributed by atoms with Gasteiger partial charge in [0, 0.05) is 18.0 Å². The Morgan fingerprint density at radius 1 is 1.41 bits per heavy atom. The van der Waals surface area contributed by atoms with Crippen LogP contribution in [0.1, 0.15) is 44.2 Å². The van der Waals surface area contributed by atoms with Gasteiger partial charge in [0.1, 0.15) is 0 Å². The molecular formula is C14H20N2O. The number of carbonyl (C=O) groups is 1. The second-order valence-corrected chi connectivity index (χ2v) is 5.18. The van der Waals surface area contributed by atoms with E-state index in [0.717, 1.165) is 18.4 Å². The van der Waals surface area contributed by atoms with E-state index < -0.39 is 0 Å². The lowest BCUT2D eigenvalue weighted by Gasteiger charge is -2.39. The minimum Gasteiger partial charge on any atom is -0.351 e. The molecular weight excluding hydrogens is 212 g/mol. The highest BCUT2D eigenvalue weighted by atomic mass is 16.1. The van der Waals surface area contributed by atoms with E-state index in [1.54, 1.807) is 0 Å². The van der Waals surface area contributed by atoms with Crippen LogP contribution in [0.3, 0.4) is 0 Å². The SMILES string of the molecule is CC1(NC(=O)CC(N)c2ccccc2)CCC1. The quantitative estimate of drug-likeness (QED) is 0.835. The zero-order chi connectivity index (χ0) is 12.3. The van der Waals surface area contributed by atoms with Gasteiger partial charge in [-0.25, -0.2) is 0 Å². The lowest BCUT2D eigenvalue weighted by molar-refractivity contribution is -0.124. The number of hydrogen-bond donors (Lipinski definition) is 2. The molecule has 0 heterocycles. The molecule has 1 saturated carbocycles. The van der Waals surface area contributed by atoms with Crippen LogP contribution < -0.4 is 11.1 Å². The molecule has 0 radical (unpaired) electrons. The molecule has 92 valence electrons. The summed E-state index contributed by atoms with van der Waals surface area (Å²) in [5, 5.41) is 3.07. The zero-order valence-corrected chi connectivity index (χ0v) is 10.3. The molecule has 1 unspecified atom stereocenters. The Hall–Kier alpha value is -1.35.